The lowest BCUT2D eigenvalue weighted by Gasteiger charge is -2.18. The average Bonchev–Trinajstić information content (AvgIpc) is 1.98. The maximum absolute atomic E-state index is 10.5. The van der Waals surface area contributed by atoms with E-state index in [0.29, 0.717) is 0 Å². The molecular weight excluding hydrogens is 228 g/mol. The average molecular weight is 236 g/mol. The monoisotopic (exact) mass is 236 g/mol. The molecule has 16 heavy (non-hydrogen) atoms. The quantitative estimate of drug-likeness (QED) is 0.262. The Balaban J connectivity index is 4.94. The second kappa shape index (κ2) is 5.60. The summed E-state index contributed by atoms with van der Waals surface area (Å²) < 4.78 is 0. The Labute approximate surface area is 87.8 Å². The Kier molecular flexibility index (Phi) is 4.82. The lowest BCUT2D eigenvalue weighted by atomic mass is 10.4. The standard InChI is InChI=1S/C6H8N2O8/c9-3(10)1-7(2-4(11)12)5(6(13)14)8(15)16/h5H,1-2H2,(H,9,10)(H,11,12)(H,13,14). The molecule has 0 saturated carbocycles. The number of carboxylic acids is 3. The Morgan fingerprint density at radius 2 is 1.50 bits per heavy atom. The van der Waals surface area contributed by atoms with Crippen LogP contribution < -0.4 is 0 Å². The molecular formula is C6H8N2O8. The lowest BCUT2D eigenvalue weighted by Crippen LogP contribution is -2.50. The van der Waals surface area contributed by atoms with Crippen molar-refractivity contribution in [3.8, 4) is 0 Å². The Morgan fingerprint density at radius 3 is 1.69 bits per heavy atom. The Bertz CT molecular complexity index is 296. The summed E-state index contributed by atoms with van der Waals surface area (Å²) in [6.45, 7) is -2.10. The van der Waals surface area contributed by atoms with Gasteiger partial charge in [0.1, 0.15) is 13.1 Å². The first-order chi connectivity index (χ1) is 7.25. The first-order valence-electron chi connectivity index (χ1n) is 3.79. The van der Waals surface area contributed by atoms with Crippen LogP contribution in [-0.2, 0) is 14.4 Å². The SMILES string of the molecule is O=C(O)CN(CC(=O)O)C(C(=O)O)[N+](=O)[O-]. The van der Waals surface area contributed by atoms with Crippen LogP contribution in [0.1, 0.15) is 0 Å². The predicted octanol–water partition coefficient (Wildman–Crippen LogP) is -1.85. The number of carbonyl (C=O) groups is 3. The smallest absolute Gasteiger partial charge is 0.396 e. The van der Waals surface area contributed by atoms with Crippen LogP contribution in [0.2, 0.25) is 0 Å². The topological polar surface area (TPSA) is 158 Å². The van der Waals surface area contributed by atoms with Gasteiger partial charge in [-0.05, 0) is 0 Å². The summed E-state index contributed by atoms with van der Waals surface area (Å²) in [5.41, 5.74) is 0. The van der Waals surface area contributed by atoms with Gasteiger partial charge < -0.3 is 15.3 Å². The molecule has 1 unspecified atom stereocenters. The van der Waals surface area contributed by atoms with Crippen molar-refractivity contribution in [2.45, 2.75) is 6.17 Å². The maximum Gasteiger partial charge on any atom is 0.396 e. The van der Waals surface area contributed by atoms with Crippen molar-refractivity contribution >= 4 is 17.9 Å². The third-order valence-corrected chi connectivity index (χ3v) is 1.44. The molecule has 0 aliphatic heterocycles. The van der Waals surface area contributed by atoms with Gasteiger partial charge in [0.15, 0.2) is 0 Å². The fourth-order valence-corrected chi connectivity index (χ4v) is 0.956. The van der Waals surface area contributed by atoms with Crippen LogP contribution in [0.15, 0.2) is 0 Å². The molecule has 10 nitrogen and oxygen atoms in total. The summed E-state index contributed by atoms with van der Waals surface area (Å²) >= 11 is 0. The highest BCUT2D eigenvalue weighted by Gasteiger charge is 2.38. The molecule has 0 aromatic heterocycles. The van der Waals surface area contributed by atoms with Gasteiger partial charge in [0, 0.05) is 0 Å². The van der Waals surface area contributed by atoms with Gasteiger partial charge >= 0.3 is 24.1 Å². The first kappa shape index (κ1) is 13.8. The van der Waals surface area contributed by atoms with Crippen molar-refractivity contribution < 1.29 is 34.6 Å². The zero-order valence-corrected chi connectivity index (χ0v) is 7.77. The molecule has 0 aromatic rings. The third kappa shape index (κ3) is 4.32. The minimum absolute atomic E-state index is 0.215. The molecule has 0 fully saturated rings. The summed E-state index contributed by atoms with van der Waals surface area (Å²) in [6.07, 6.45) is -2.40. The van der Waals surface area contributed by atoms with E-state index < -0.39 is 42.1 Å². The van der Waals surface area contributed by atoms with E-state index in [1.165, 1.54) is 0 Å². The van der Waals surface area contributed by atoms with Gasteiger partial charge in [-0.25, -0.2) is 9.69 Å². The van der Waals surface area contributed by atoms with E-state index in [-0.39, 0.29) is 4.90 Å². The molecule has 0 bridgehead atoms. The number of nitrogens with zero attached hydrogens (tertiary/aromatic N) is 2. The molecule has 0 aromatic carbocycles. The summed E-state index contributed by atoms with van der Waals surface area (Å²) in [4.78, 5) is 40.3. The van der Waals surface area contributed by atoms with Gasteiger partial charge in [0.25, 0.3) is 0 Å². The molecule has 0 spiro atoms. The van der Waals surface area contributed by atoms with Gasteiger partial charge in [0.2, 0.25) is 0 Å². The second-order valence-corrected chi connectivity index (χ2v) is 2.69. The molecule has 3 N–H and O–H groups in total. The van der Waals surface area contributed by atoms with Crippen LogP contribution in [-0.4, -0.2) is 62.3 Å². The van der Waals surface area contributed by atoms with E-state index >= 15 is 0 Å². The molecule has 0 heterocycles. The minimum Gasteiger partial charge on any atom is -0.480 e. The van der Waals surface area contributed by atoms with E-state index in [1.807, 2.05) is 0 Å². The van der Waals surface area contributed by atoms with Gasteiger partial charge in [0.05, 0.1) is 4.92 Å². The lowest BCUT2D eigenvalue weighted by molar-refractivity contribution is -0.536. The van der Waals surface area contributed by atoms with Crippen molar-refractivity contribution in [1.29, 1.82) is 0 Å². The molecule has 0 rings (SSSR count). The van der Waals surface area contributed by atoms with Gasteiger partial charge in [-0.15, -0.1) is 0 Å². The van der Waals surface area contributed by atoms with Gasteiger partial charge in [-0.3, -0.25) is 19.7 Å². The van der Waals surface area contributed by atoms with Crippen LogP contribution in [0.3, 0.4) is 0 Å². The zero-order chi connectivity index (χ0) is 12.9. The summed E-state index contributed by atoms with van der Waals surface area (Å²) in [5, 5.41) is 35.5. The summed E-state index contributed by atoms with van der Waals surface area (Å²) in [7, 11) is 0. The third-order valence-electron chi connectivity index (χ3n) is 1.44. The van der Waals surface area contributed by atoms with Crippen molar-refractivity contribution in [3.63, 3.8) is 0 Å². The number of hydrogen-bond acceptors (Lipinski definition) is 6. The molecule has 10 heteroatoms. The summed E-state index contributed by atoms with van der Waals surface area (Å²) in [5.74, 6) is -5.05. The van der Waals surface area contributed by atoms with Crippen molar-refractivity contribution in [3.05, 3.63) is 10.1 Å². The minimum atomic E-state index is -2.40. The van der Waals surface area contributed by atoms with E-state index in [9.17, 15) is 24.5 Å². The Morgan fingerprint density at radius 1 is 1.12 bits per heavy atom. The van der Waals surface area contributed by atoms with Crippen LogP contribution in [0.5, 0.6) is 0 Å². The normalized spacial score (nSPS) is 12.1. The van der Waals surface area contributed by atoms with Gasteiger partial charge in [-0.1, -0.05) is 0 Å². The van der Waals surface area contributed by atoms with Crippen molar-refractivity contribution in [2.75, 3.05) is 13.1 Å². The molecule has 1 atom stereocenters. The van der Waals surface area contributed by atoms with Gasteiger partial charge in [-0.2, -0.15) is 0 Å². The van der Waals surface area contributed by atoms with Crippen LogP contribution >= 0.6 is 0 Å². The van der Waals surface area contributed by atoms with Crippen molar-refractivity contribution in [2.24, 2.45) is 0 Å². The number of hydrogen-bond donors (Lipinski definition) is 3. The predicted molar refractivity (Wildman–Crippen MR) is 45.3 cm³/mol. The molecule has 0 radical (unpaired) electrons. The zero-order valence-electron chi connectivity index (χ0n) is 7.77. The summed E-state index contributed by atoms with van der Waals surface area (Å²) in [6, 6.07) is 0. The van der Waals surface area contributed by atoms with Crippen molar-refractivity contribution in [1.82, 2.24) is 4.90 Å². The van der Waals surface area contributed by atoms with E-state index in [4.69, 9.17) is 15.3 Å². The fraction of sp³-hybridized carbons (Fsp3) is 0.500. The Hall–Kier alpha value is -2.23. The van der Waals surface area contributed by atoms with Crippen LogP contribution in [0.4, 0.5) is 0 Å². The maximum atomic E-state index is 10.5. The van der Waals surface area contributed by atoms with E-state index in [1.54, 1.807) is 0 Å². The van der Waals surface area contributed by atoms with E-state index in [0.717, 1.165) is 0 Å². The molecule has 0 aliphatic rings. The number of aliphatic carboxylic acids is 3. The highest BCUT2D eigenvalue weighted by Crippen LogP contribution is 2.01. The fourth-order valence-electron chi connectivity index (χ4n) is 0.956. The largest absolute Gasteiger partial charge is 0.480 e. The second-order valence-electron chi connectivity index (χ2n) is 2.69. The van der Waals surface area contributed by atoms with E-state index in [2.05, 4.69) is 0 Å². The van der Waals surface area contributed by atoms with Crippen LogP contribution in [0.25, 0.3) is 0 Å². The highest BCUT2D eigenvalue weighted by molar-refractivity contribution is 5.76. The number of carboxylic acid groups (broad SMARTS) is 3. The number of rotatable bonds is 7. The highest BCUT2D eigenvalue weighted by atomic mass is 16.6. The number of nitro groups is 1. The van der Waals surface area contributed by atoms with Crippen LogP contribution in [0, 0.1) is 10.1 Å². The molecule has 0 amide bonds. The molecule has 90 valence electrons. The molecule has 0 aliphatic carbocycles. The molecule has 0 saturated heterocycles. The first-order valence-corrected chi connectivity index (χ1v) is 3.79.